The van der Waals surface area contributed by atoms with Gasteiger partial charge in [0.25, 0.3) is 5.91 Å². The maximum atomic E-state index is 11.5. The zero-order valence-electron chi connectivity index (χ0n) is 8.97. The molecule has 0 radical (unpaired) electrons. The minimum Gasteiger partial charge on any atom is -0.481 e. The van der Waals surface area contributed by atoms with E-state index in [9.17, 15) is 18.0 Å². The van der Waals surface area contributed by atoms with Crippen LogP contribution in [-0.4, -0.2) is 38.2 Å². The highest BCUT2D eigenvalue weighted by atomic mass is 32.2. The van der Waals surface area contributed by atoms with Crippen LogP contribution in [-0.2, 0) is 14.6 Å². The van der Waals surface area contributed by atoms with E-state index in [1.54, 1.807) is 0 Å². The fraction of sp³-hybridized carbons (Fsp3) is 0.333. The first-order valence-corrected chi connectivity index (χ1v) is 7.36. The average molecular weight is 277 g/mol. The van der Waals surface area contributed by atoms with Crippen LogP contribution in [0.4, 0.5) is 0 Å². The number of carbonyl (C=O) groups is 2. The Morgan fingerprint density at radius 1 is 1.47 bits per heavy atom. The average Bonchev–Trinajstić information content (AvgIpc) is 2.64. The van der Waals surface area contributed by atoms with E-state index in [4.69, 9.17) is 5.11 Å². The van der Waals surface area contributed by atoms with Crippen molar-refractivity contribution in [1.29, 1.82) is 0 Å². The summed E-state index contributed by atoms with van der Waals surface area (Å²) in [5.41, 5.74) is 0.223. The van der Waals surface area contributed by atoms with E-state index >= 15 is 0 Å². The molecule has 1 aromatic heterocycles. The molecule has 2 N–H and O–H groups in total. The smallest absolute Gasteiger partial charge is 0.305 e. The van der Waals surface area contributed by atoms with Crippen LogP contribution in [0.5, 0.6) is 0 Å². The summed E-state index contributed by atoms with van der Waals surface area (Å²) in [5, 5.41) is 12.2. The van der Waals surface area contributed by atoms with Gasteiger partial charge in [-0.1, -0.05) is 0 Å². The quantitative estimate of drug-likeness (QED) is 0.809. The molecule has 1 amide bonds. The van der Waals surface area contributed by atoms with E-state index in [0.29, 0.717) is 0 Å². The van der Waals surface area contributed by atoms with E-state index in [1.165, 1.54) is 11.4 Å². The predicted molar refractivity (Wildman–Crippen MR) is 62.0 cm³/mol. The Bertz CT molecular complexity index is 531. The van der Waals surface area contributed by atoms with Crippen LogP contribution in [0, 0.1) is 0 Å². The second-order valence-corrected chi connectivity index (χ2v) is 6.48. The number of rotatable bonds is 5. The van der Waals surface area contributed by atoms with E-state index in [1.807, 2.05) is 0 Å². The highest BCUT2D eigenvalue weighted by Gasteiger charge is 2.14. The SMILES string of the molecule is CS(=O)(=O)c1cc(C(=O)NCCC(=O)O)cs1. The van der Waals surface area contributed by atoms with Crippen LogP contribution >= 0.6 is 11.3 Å². The monoisotopic (exact) mass is 277 g/mol. The molecule has 1 aromatic rings. The number of carbonyl (C=O) groups excluding carboxylic acids is 1. The first-order chi connectivity index (χ1) is 7.80. The molecule has 17 heavy (non-hydrogen) atoms. The van der Waals surface area contributed by atoms with Crippen molar-refractivity contribution in [2.45, 2.75) is 10.6 Å². The first-order valence-electron chi connectivity index (χ1n) is 4.59. The second-order valence-electron chi connectivity index (χ2n) is 3.33. The van der Waals surface area contributed by atoms with Crippen molar-refractivity contribution in [2.75, 3.05) is 12.8 Å². The maximum absolute atomic E-state index is 11.5. The van der Waals surface area contributed by atoms with Crippen LogP contribution in [0.1, 0.15) is 16.8 Å². The van der Waals surface area contributed by atoms with Crippen molar-refractivity contribution in [2.24, 2.45) is 0 Å². The minimum atomic E-state index is -3.31. The number of sulfone groups is 1. The van der Waals surface area contributed by atoms with Crippen molar-refractivity contribution >= 4 is 33.1 Å². The van der Waals surface area contributed by atoms with Gasteiger partial charge in [-0.25, -0.2) is 8.42 Å². The molecule has 0 aromatic carbocycles. The number of amides is 1. The lowest BCUT2D eigenvalue weighted by Gasteiger charge is -2.00. The molecule has 1 heterocycles. The van der Waals surface area contributed by atoms with Crippen molar-refractivity contribution in [3.63, 3.8) is 0 Å². The molecule has 0 aliphatic carbocycles. The number of carboxylic acids is 1. The lowest BCUT2D eigenvalue weighted by atomic mass is 10.3. The molecule has 0 atom stereocenters. The van der Waals surface area contributed by atoms with Crippen molar-refractivity contribution in [1.82, 2.24) is 5.32 Å². The van der Waals surface area contributed by atoms with Gasteiger partial charge in [-0.05, 0) is 6.07 Å². The Balaban J connectivity index is 2.65. The summed E-state index contributed by atoms with van der Waals surface area (Å²) in [6, 6.07) is 1.27. The summed E-state index contributed by atoms with van der Waals surface area (Å²) in [5.74, 6) is -1.48. The summed E-state index contributed by atoms with van der Waals surface area (Å²) >= 11 is 0.959. The van der Waals surface area contributed by atoms with Gasteiger partial charge in [-0.2, -0.15) is 0 Å². The Morgan fingerprint density at radius 3 is 2.59 bits per heavy atom. The van der Waals surface area contributed by atoms with Gasteiger partial charge in [-0.3, -0.25) is 9.59 Å². The third-order valence-electron chi connectivity index (χ3n) is 1.83. The normalized spacial score (nSPS) is 11.1. The minimum absolute atomic E-state index is 0.0121. The number of hydrogen-bond donors (Lipinski definition) is 2. The summed E-state index contributed by atoms with van der Waals surface area (Å²) in [4.78, 5) is 21.7. The fourth-order valence-electron chi connectivity index (χ4n) is 1.02. The summed E-state index contributed by atoms with van der Waals surface area (Å²) in [6.07, 6.45) is 0.889. The van der Waals surface area contributed by atoms with Crippen LogP contribution in [0.25, 0.3) is 0 Å². The molecular formula is C9H11NO5S2. The zero-order chi connectivity index (χ0) is 13.1. The van der Waals surface area contributed by atoms with Crippen LogP contribution < -0.4 is 5.32 Å². The molecule has 6 nitrogen and oxygen atoms in total. The standard InChI is InChI=1S/C9H11NO5S2/c1-17(14,15)8-4-6(5-16-8)9(13)10-3-2-7(11)12/h4-5H,2-3H2,1H3,(H,10,13)(H,11,12). The van der Waals surface area contributed by atoms with Crippen molar-refractivity contribution < 1.29 is 23.1 Å². The number of nitrogens with one attached hydrogen (secondary N) is 1. The van der Waals surface area contributed by atoms with Gasteiger partial charge in [0.15, 0.2) is 9.84 Å². The number of thiophene rings is 1. The topological polar surface area (TPSA) is 101 Å². The van der Waals surface area contributed by atoms with E-state index in [-0.39, 0.29) is 22.7 Å². The summed E-state index contributed by atoms with van der Waals surface area (Å²) in [6.45, 7) is 0.0121. The number of carboxylic acid groups (broad SMARTS) is 1. The van der Waals surface area contributed by atoms with Gasteiger partial charge in [0.05, 0.1) is 12.0 Å². The summed E-state index contributed by atoms with van der Waals surface area (Å²) in [7, 11) is -3.31. The fourth-order valence-corrected chi connectivity index (χ4v) is 2.81. The Hall–Kier alpha value is -1.41. The van der Waals surface area contributed by atoms with Crippen LogP contribution in [0.3, 0.4) is 0 Å². The Labute approximate surface area is 102 Å². The largest absolute Gasteiger partial charge is 0.481 e. The number of aliphatic carboxylic acids is 1. The van der Waals surface area contributed by atoms with Gasteiger partial charge in [0.2, 0.25) is 0 Å². The Kier molecular flexibility index (Phi) is 4.24. The first kappa shape index (κ1) is 13.7. The predicted octanol–water partition coefficient (Wildman–Crippen LogP) is 0.356. The highest BCUT2D eigenvalue weighted by molar-refractivity contribution is 7.92. The molecule has 8 heteroatoms. The third-order valence-corrected chi connectivity index (χ3v) is 4.60. The van der Waals surface area contributed by atoms with Gasteiger partial charge in [-0.15, -0.1) is 11.3 Å². The Morgan fingerprint density at radius 2 is 2.12 bits per heavy atom. The molecule has 94 valence electrons. The molecule has 0 aliphatic heterocycles. The van der Waals surface area contributed by atoms with Crippen LogP contribution in [0.2, 0.25) is 0 Å². The zero-order valence-corrected chi connectivity index (χ0v) is 10.6. The van der Waals surface area contributed by atoms with Crippen LogP contribution in [0.15, 0.2) is 15.7 Å². The van der Waals surface area contributed by atoms with E-state index in [0.717, 1.165) is 17.6 Å². The summed E-state index contributed by atoms with van der Waals surface area (Å²) < 4.78 is 22.5. The molecule has 0 spiro atoms. The molecule has 1 rings (SSSR count). The molecule has 0 aliphatic rings. The third kappa shape index (κ3) is 4.16. The molecule has 0 saturated carbocycles. The number of hydrogen-bond acceptors (Lipinski definition) is 5. The highest BCUT2D eigenvalue weighted by Crippen LogP contribution is 2.19. The van der Waals surface area contributed by atoms with Gasteiger partial charge in [0, 0.05) is 18.2 Å². The lowest BCUT2D eigenvalue weighted by Crippen LogP contribution is -2.25. The molecule has 0 unspecified atom stereocenters. The lowest BCUT2D eigenvalue weighted by molar-refractivity contribution is -0.136. The van der Waals surface area contributed by atoms with Gasteiger partial charge >= 0.3 is 5.97 Å². The van der Waals surface area contributed by atoms with Gasteiger partial charge in [0.1, 0.15) is 4.21 Å². The van der Waals surface area contributed by atoms with E-state index < -0.39 is 21.7 Å². The maximum Gasteiger partial charge on any atom is 0.305 e. The van der Waals surface area contributed by atoms with Crippen molar-refractivity contribution in [3.8, 4) is 0 Å². The molecular weight excluding hydrogens is 266 g/mol. The van der Waals surface area contributed by atoms with Gasteiger partial charge < -0.3 is 10.4 Å². The van der Waals surface area contributed by atoms with E-state index in [2.05, 4.69) is 5.32 Å². The molecule has 0 fully saturated rings. The molecule has 0 bridgehead atoms. The molecule has 0 saturated heterocycles. The van der Waals surface area contributed by atoms with Crippen molar-refractivity contribution in [3.05, 3.63) is 17.0 Å². The second kappa shape index (κ2) is 5.28.